The molecule has 3 rings (SSSR count). The molecule has 0 fully saturated rings. The third kappa shape index (κ3) is 2.19. The highest BCUT2D eigenvalue weighted by Crippen LogP contribution is 2.31. The van der Waals surface area contributed by atoms with Gasteiger partial charge >= 0.3 is 6.03 Å². The van der Waals surface area contributed by atoms with Crippen LogP contribution >= 0.6 is 0 Å². The average molecular weight is 256 g/mol. The normalized spacial score (nSPS) is 17.3. The largest absolute Gasteiger partial charge is 0.332 e. The van der Waals surface area contributed by atoms with Crippen molar-refractivity contribution in [1.29, 1.82) is 0 Å². The number of fused-ring (bicyclic) bond motifs is 1. The fraction of sp³-hybridized carbons (Fsp3) is 0.286. The Morgan fingerprint density at radius 1 is 1.47 bits per heavy atom. The molecule has 5 nitrogen and oxygen atoms in total. The molecule has 1 aliphatic heterocycles. The van der Waals surface area contributed by atoms with E-state index in [1.165, 1.54) is 5.56 Å². The Morgan fingerprint density at radius 3 is 3.11 bits per heavy atom. The number of carbonyl (C=O) groups is 1. The summed E-state index contributed by atoms with van der Waals surface area (Å²) < 4.78 is 0. The quantitative estimate of drug-likeness (QED) is 0.864. The SMILES string of the molecule is CC1Cc2ccccc2N1C(=O)NCc1ccn[nH]1. The molecule has 1 unspecified atom stereocenters. The molecule has 0 radical (unpaired) electrons. The van der Waals surface area contributed by atoms with Crippen LogP contribution in [0, 0.1) is 0 Å². The van der Waals surface area contributed by atoms with E-state index in [1.807, 2.05) is 29.2 Å². The molecule has 1 aromatic heterocycles. The van der Waals surface area contributed by atoms with E-state index >= 15 is 0 Å². The molecule has 0 saturated carbocycles. The number of hydrogen-bond acceptors (Lipinski definition) is 2. The lowest BCUT2D eigenvalue weighted by molar-refractivity contribution is 0.244. The van der Waals surface area contributed by atoms with Crippen molar-refractivity contribution in [2.45, 2.75) is 25.9 Å². The van der Waals surface area contributed by atoms with Crippen LogP contribution in [-0.2, 0) is 13.0 Å². The molecule has 2 N–H and O–H groups in total. The number of rotatable bonds is 2. The molecule has 0 saturated heterocycles. The number of anilines is 1. The number of carbonyl (C=O) groups excluding carboxylic acids is 1. The zero-order chi connectivity index (χ0) is 13.2. The van der Waals surface area contributed by atoms with Crippen molar-refractivity contribution < 1.29 is 4.79 Å². The molecule has 2 aromatic rings. The van der Waals surface area contributed by atoms with E-state index in [2.05, 4.69) is 28.5 Å². The minimum Gasteiger partial charge on any atom is -0.332 e. The lowest BCUT2D eigenvalue weighted by Gasteiger charge is -2.22. The van der Waals surface area contributed by atoms with Gasteiger partial charge in [0.15, 0.2) is 0 Å². The molecule has 0 aliphatic carbocycles. The van der Waals surface area contributed by atoms with Crippen molar-refractivity contribution in [3.63, 3.8) is 0 Å². The van der Waals surface area contributed by atoms with Crippen LogP contribution in [0.5, 0.6) is 0 Å². The first-order valence-electron chi connectivity index (χ1n) is 6.39. The van der Waals surface area contributed by atoms with E-state index in [0.717, 1.165) is 17.8 Å². The van der Waals surface area contributed by atoms with Gasteiger partial charge in [0.05, 0.1) is 12.2 Å². The smallest absolute Gasteiger partial charge is 0.322 e. The molecule has 1 atom stereocenters. The number of para-hydroxylation sites is 1. The summed E-state index contributed by atoms with van der Waals surface area (Å²) in [5.41, 5.74) is 3.14. The van der Waals surface area contributed by atoms with E-state index in [1.54, 1.807) is 6.20 Å². The lowest BCUT2D eigenvalue weighted by atomic mass is 10.1. The fourth-order valence-electron chi connectivity index (χ4n) is 2.51. The summed E-state index contributed by atoms with van der Waals surface area (Å²) in [5.74, 6) is 0. The summed E-state index contributed by atoms with van der Waals surface area (Å²) in [6.07, 6.45) is 2.59. The van der Waals surface area contributed by atoms with Crippen LogP contribution in [0.4, 0.5) is 10.5 Å². The second kappa shape index (κ2) is 4.76. The van der Waals surface area contributed by atoms with E-state index in [-0.39, 0.29) is 12.1 Å². The van der Waals surface area contributed by atoms with Gasteiger partial charge in [-0.25, -0.2) is 4.79 Å². The van der Waals surface area contributed by atoms with Gasteiger partial charge in [-0.2, -0.15) is 5.10 Å². The fourth-order valence-corrected chi connectivity index (χ4v) is 2.51. The van der Waals surface area contributed by atoms with E-state index in [9.17, 15) is 4.79 Å². The Labute approximate surface area is 111 Å². The minimum atomic E-state index is -0.0629. The third-order valence-corrected chi connectivity index (χ3v) is 3.41. The molecule has 1 aliphatic rings. The number of urea groups is 1. The van der Waals surface area contributed by atoms with E-state index < -0.39 is 0 Å². The zero-order valence-corrected chi connectivity index (χ0v) is 10.8. The molecular formula is C14H16N4O. The molecule has 1 aromatic carbocycles. The van der Waals surface area contributed by atoms with Crippen molar-refractivity contribution in [3.8, 4) is 0 Å². The Morgan fingerprint density at radius 2 is 2.32 bits per heavy atom. The highest BCUT2D eigenvalue weighted by molar-refractivity contribution is 5.94. The van der Waals surface area contributed by atoms with E-state index in [0.29, 0.717) is 6.54 Å². The van der Waals surface area contributed by atoms with Gasteiger partial charge in [-0.3, -0.25) is 10.00 Å². The van der Waals surface area contributed by atoms with Gasteiger partial charge < -0.3 is 5.32 Å². The Balaban J connectivity index is 1.73. The highest BCUT2D eigenvalue weighted by atomic mass is 16.2. The van der Waals surface area contributed by atoms with Crippen LogP contribution < -0.4 is 10.2 Å². The van der Waals surface area contributed by atoms with Crippen molar-refractivity contribution in [2.75, 3.05) is 4.90 Å². The summed E-state index contributed by atoms with van der Waals surface area (Å²) in [5, 5.41) is 9.60. The van der Waals surface area contributed by atoms with Gasteiger partial charge in [0.2, 0.25) is 0 Å². The number of hydrogen-bond donors (Lipinski definition) is 2. The van der Waals surface area contributed by atoms with Crippen LogP contribution in [-0.4, -0.2) is 22.3 Å². The molecule has 98 valence electrons. The first-order chi connectivity index (χ1) is 9.25. The summed E-state index contributed by atoms with van der Waals surface area (Å²) in [4.78, 5) is 14.1. The van der Waals surface area contributed by atoms with Gasteiger partial charge in [-0.05, 0) is 31.0 Å². The maximum absolute atomic E-state index is 12.3. The van der Waals surface area contributed by atoms with Crippen LogP contribution in [0.2, 0.25) is 0 Å². The lowest BCUT2D eigenvalue weighted by Crippen LogP contribution is -2.43. The molecule has 0 spiro atoms. The van der Waals surface area contributed by atoms with Crippen molar-refractivity contribution in [2.24, 2.45) is 0 Å². The number of aromatic nitrogens is 2. The second-order valence-corrected chi connectivity index (χ2v) is 4.79. The molecule has 19 heavy (non-hydrogen) atoms. The number of H-pyrrole nitrogens is 1. The molecule has 0 bridgehead atoms. The van der Waals surface area contributed by atoms with Gasteiger partial charge in [-0.1, -0.05) is 18.2 Å². The molecule has 2 heterocycles. The Hall–Kier alpha value is -2.30. The van der Waals surface area contributed by atoms with Crippen molar-refractivity contribution in [1.82, 2.24) is 15.5 Å². The molecular weight excluding hydrogens is 240 g/mol. The summed E-state index contributed by atoms with van der Waals surface area (Å²) >= 11 is 0. The van der Waals surface area contributed by atoms with Crippen LogP contribution in [0.1, 0.15) is 18.2 Å². The number of benzene rings is 1. The predicted octanol–water partition coefficient (Wildman–Crippen LogP) is 2.07. The number of nitrogens with one attached hydrogen (secondary N) is 2. The number of aromatic amines is 1. The molecule has 5 heteroatoms. The third-order valence-electron chi connectivity index (χ3n) is 3.41. The molecule has 2 amide bonds. The first kappa shape index (κ1) is 11.8. The minimum absolute atomic E-state index is 0.0629. The van der Waals surface area contributed by atoms with Crippen molar-refractivity contribution >= 4 is 11.7 Å². The maximum atomic E-state index is 12.3. The topological polar surface area (TPSA) is 61.0 Å². The van der Waals surface area contributed by atoms with Crippen LogP contribution in [0.25, 0.3) is 0 Å². The second-order valence-electron chi connectivity index (χ2n) is 4.79. The van der Waals surface area contributed by atoms with Crippen LogP contribution in [0.3, 0.4) is 0 Å². The predicted molar refractivity (Wildman–Crippen MR) is 72.9 cm³/mol. The first-order valence-corrected chi connectivity index (χ1v) is 6.39. The van der Waals surface area contributed by atoms with Crippen LogP contribution in [0.15, 0.2) is 36.5 Å². The number of amides is 2. The summed E-state index contributed by atoms with van der Waals surface area (Å²) in [7, 11) is 0. The van der Waals surface area contributed by atoms with Gasteiger partial charge in [0, 0.05) is 17.9 Å². The summed E-state index contributed by atoms with van der Waals surface area (Å²) in [6, 6.07) is 10.0. The Kier molecular flexibility index (Phi) is 2.95. The van der Waals surface area contributed by atoms with Gasteiger partial charge in [0.1, 0.15) is 0 Å². The standard InChI is InChI=1S/C14H16N4O/c1-10-8-11-4-2-3-5-13(11)18(10)14(19)15-9-12-6-7-16-17-12/h2-7,10H,8-9H2,1H3,(H,15,19)(H,16,17). The highest BCUT2D eigenvalue weighted by Gasteiger charge is 2.30. The number of nitrogens with zero attached hydrogens (tertiary/aromatic N) is 2. The van der Waals surface area contributed by atoms with Gasteiger partial charge in [-0.15, -0.1) is 0 Å². The monoisotopic (exact) mass is 256 g/mol. The average Bonchev–Trinajstić information content (AvgIpc) is 3.02. The van der Waals surface area contributed by atoms with Crippen molar-refractivity contribution in [3.05, 3.63) is 47.8 Å². The van der Waals surface area contributed by atoms with E-state index in [4.69, 9.17) is 0 Å². The summed E-state index contributed by atoms with van der Waals surface area (Å²) in [6.45, 7) is 2.53. The van der Waals surface area contributed by atoms with Gasteiger partial charge in [0.25, 0.3) is 0 Å². The zero-order valence-electron chi connectivity index (χ0n) is 10.8. The Bertz CT molecular complexity index is 579. The maximum Gasteiger partial charge on any atom is 0.322 e.